The molecule has 1 aliphatic rings. The fourth-order valence-corrected chi connectivity index (χ4v) is 3.14. The number of aromatic nitrogens is 1. The Morgan fingerprint density at radius 2 is 2.25 bits per heavy atom. The van der Waals surface area contributed by atoms with Crippen molar-refractivity contribution >= 4 is 11.3 Å². The third-order valence-corrected chi connectivity index (χ3v) is 4.43. The van der Waals surface area contributed by atoms with Crippen LogP contribution in [0.2, 0.25) is 0 Å². The average molecular weight is 240 g/mol. The molecule has 1 aliphatic heterocycles. The smallest absolute Gasteiger partial charge is 0.107 e. The topological polar surface area (TPSA) is 36.4 Å². The van der Waals surface area contributed by atoms with Gasteiger partial charge in [-0.1, -0.05) is 6.92 Å². The Morgan fingerprint density at radius 1 is 1.50 bits per heavy atom. The second kappa shape index (κ2) is 4.82. The number of hydrogen-bond donors (Lipinski definition) is 1. The summed E-state index contributed by atoms with van der Waals surface area (Å²) < 4.78 is 0. The monoisotopic (exact) mass is 240 g/mol. The molecular weight excluding hydrogens is 220 g/mol. The highest BCUT2D eigenvalue weighted by Gasteiger charge is 2.24. The summed E-state index contributed by atoms with van der Waals surface area (Å²) in [6, 6.07) is 0. The maximum atomic E-state index is 9.67. The molecule has 0 amide bonds. The molecule has 0 saturated carbocycles. The number of aryl methyl sites for hydroxylation is 2. The second-order valence-corrected chi connectivity index (χ2v) is 6.11. The minimum absolute atomic E-state index is 0.115. The number of nitrogens with zero attached hydrogens (tertiary/aromatic N) is 2. The fraction of sp³-hybridized carbons (Fsp3) is 0.750. The van der Waals surface area contributed by atoms with Gasteiger partial charge in [0.15, 0.2) is 0 Å². The minimum atomic E-state index is -0.115. The number of aliphatic hydroxyl groups is 1. The zero-order valence-electron chi connectivity index (χ0n) is 10.2. The number of piperidine rings is 1. The van der Waals surface area contributed by atoms with Crippen molar-refractivity contribution in [2.24, 2.45) is 5.92 Å². The molecule has 3 nitrogen and oxygen atoms in total. The van der Waals surface area contributed by atoms with Gasteiger partial charge in [0.2, 0.25) is 0 Å². The van der Waals surface area contributed by atoms with Crippen molar-refractivity contribution < 1.29 is 5.11 Å². The maximum absolute atomic E-state index is 9.67. The number of thiazole rings is 1. The van der Waals surface area contributed by atoms with Gasteiger partial charge in [-0.15, -0.1) is 11.3 Å². The lowest BCUT2D eigenvalue weighted by Crippen LogP contribution is -2.41. The Morgan fingerprint density at radius 3 is 2.81 bits per heavy atom. The molecule has 0 spiro atoms. The molecule has 16 heavy (non-hydrogen) atoms. The van der Waals surface area contributed by atoms with E-state index < -0.39 is 0 Å². The molecule has 0 radical (unpaired) electrons. The lowest BCUT2D eigenvalue weighted by atomic mass is 9.97. The molecule has 0 aromatic carbocycles. The lowest BCUT2D eigenvalue weighted by molar-refractivity contribution is 0.0320. The standard InChI is InChI=1S/C12H20N2OS/c1-8-6-14(5-4-11(8)15)7-12-13-9(2)10(3)16-12/h8,11,15H,4-7H2,1-3H3. The van der Waals surface area contributed by atoms with Crippen molar-refractivity contribution in [3.8, 4) is 0 Å². The van der Waals surface area contributed by atoms with Gasteiger partial charge < -0.3 is 5.11 Å². The van der Waals surface area contributed by atoms with Crippen molar-refractivity contribution in [2.45, 2.75) is 39.8 Å². The zero-order chi connectivity index (χ0) is 11.7. The normalized spacial score (nSPS) is 27.2. The molecule has 2 atom stereocenters. The molecule has 4 heteroatoms. The molecule has 1 aromatic heterocycles. The predicted octanol–water partition coefficient (Wildman–Crippen LogP) is 1.96. The summed E-state index contributed by atoms with van der Waals surface area (Å²) in [5.74, 6) is 0.385. The highest BCUT2D eigenvalue weighted by molar-refractivity contribution is 7.11. The van der Waals surface area contributed by atoms with Crippen LogP contribution in [0.3, 0.4) is 0 Å². The lowest BCUT2D eigenvalue weighted by Gasteiger charge is -2.33. The van der Waals surface area contributed by atoms with Crippen LogP contribution in [0.15, 0.2) is 0 Å². The van der Waals surface area contributed by atoms with Gasteiger partial charge in [-0.05, 0) is 26.2 Å². The first-order valence-corrected chi connectivity index (χ1v) is 6.71. The first-order valence-electron chi connectivity index (χ1n) is 5.89. The summed E-state index contributed by atoms with van der Waals surface area (Å²) in [5, 5.41) is 10.9. The van der Waals surface area contributed by atoms with Gasteiger partial charge in [0, 0.05) is 18.0 Å². The van der Waals surface area contributed by atoms with Gasteiger partial charge in [0.1, 0.15) is 5.01 Å². The van der Waals surface area contributed by atoms with Gasteiger partial charge in [0.25, 0.3) is 0 Å². The summed E-state index contributed by atoms with van der Waals surface area (Å²) in [5.41, 5.74) is 1.16. The Balaban J connectivity index is 1.95. The molecule has 1 fully saturated rings. The maximum Gasteiger partial charge on any atom is 0.107 e. The highest BCUT2D eigenvalue weighted by atomic mass is 32.1. The molecule has 0 bridgehead atoms. The third-order valence-electron chi connectivity index (χ3n) is 3.38. The summed E-state index contributed by atoms with van der Waals surface area (Å²) in [4.78, 5) is 8.28. The number of likely N-dealkylation sites (tertiary alicyclic amines) is 1. The van der Waals surface area contributed by atoms with Gasteiger partial charge in [-0.2, -0.15) is 0 Å². The predicted molar refractivity (Wildman–Crippen MR) is 66.7 cm³/mol. The Hall–Kier alpha value is -0.450. The Kier molecular flexibility index (Phi) is 3.62. The molecular formula is C12H20N2OS. The molecule has 1 N–H and O–H groups in total. The van der Waals surface area contributed by atoms with E-state index in [2.05, 4.69) is 30.7 Å². The molecule has 90 valence electrons. The van der Waals surface area contributed by atoms with Crippen LogP contribution < -0.4 is 0 Å². The van der Waals surface area contributed by atoms with Crippen LogP contribution in [-0.2, 0) is 6.54 Å². The molecule has 0 aliphatic carbocycles. The second-order valence-electron chi connectivity index (χ2n) is 4.82. The van der Waals surface area contributed by atoms with Gasteiger partial charge in [-0.3, -0.25) is 4.90 Å². The molecule has 2 heterocycles. The van der Waals surface area contributed by atoms with E-state index in [0.29, 0.717) is 5.92 Å². The zero-order valence-corrected chi connectivity index (χ0v) is 11.0. The SMILES string of the molecule is Cc1nc(CN2CCC(O)C(C)C2)sc1C. The van der Waals surface area contributed by atoms with Crippen LogP contribution in [0.5, 0.6) is 0 Å². The highest BCUT2D eigenvalue weighted by Crippen LogP contribution is 2.22. The summed E-state index contributed by atoms with van der Waals surface area (Å²) in [7, 11) is 0. The van der Waals surface area contributed by atoms with E-state index >= 15 is 0 Å². The number of rotatable bonds is 2. The summed E-state index contributed by atoms with van der Waals surface area (Å²) in [6.07, 6.45) is 0.779. The molecule has 1 aromatic rings. The van der Waals surface area contributed by atoms with Crippen LogP contribution in [0.1, 0.15) is 28.9 Å². The van der Waals surface area contributed by atoms with Crippen molar-refractivity contribution in [1.29, 1.82) is 0 Å². The summed E-state index contributed by atoms with van der Waals surface area (Å²) >= 11 is 1.79. The van der Waals surface area contributed by atoms with E-state index in [4.69, 9.17) is 0 Å². The fourth-order valence-electron chi connectivity index (χ4n) is 2.16. The van der Waals surface area contributed by atoms with E-state index in [-0.39, 0.29) is 6.10 Å². The molecule has 1 saturated heterocycles. The molecule has 2 unspecified atom stereocenters. The van der Waals surface area contributed by atoms with E-state index in [0.717, 1.165) is 31.7 Å². The van der Waals surface area contributed by atoms with E-state index in [9.17, 15) is 5.11 Å². The Labute approximate surface area is 101 Å². The van der Waals surface area contributed by atoms with Gasteiger partial charge in [0.05, 0.1) is 18.3 Å². The number of hydrogen-bond acceptors (Lipinski definition) is 4. The van der Waals surface area contributed by atoms with E-state index in [1.165, 1.54) is 9.88 Å². The van der Waals surface area contributed by atoms with Crippen LogP contribution in [0.4, 0.5) is 0 Å². The van der Waals surface area contributed by atoms with Crippen LogP contribution in [0.25, 0.3) is 0 Å². The molecule has 2 rings (SSSR count). The van der Waals surface area contributed by atoms with Crippen molar-refractivity contribution in [1.82, 2.24) is 9.88 Å². The summed E-state index contributed by atoms with van der Waals surface area (Å²) in [6.45, 7) is 9.23. The number of aliphatic hydroxyl groups excluding tert-OH is 1. The van der Waals surface area contributed by atoms with E-state index in [1.807, 2.05) is 0 Å². The van der Waals surface area contributed by atoms with Crippen molar-refractivity contribution in [3.63, 3.8) is 0 Å². The average Bonchev–Trinajstić information content (AvgIpc) is 2.52. The quantitative estimate of drug-likeness (QED) is 0.858. The van der Waals surface area contributed by atoms with Crippen molar-refractivity contribution in [2.75, 3.05) is 13.1 Å². The van der Waals surface area contributed by atoms with Crippen LogP contribution in [0, 0.1) is 19.8 Å². The largest absolute Gasteiger partial charge is 0.393 e. The van der Waals surface area contributed by atoms with Crippen molar-refractivity contribution in [3.05, 3.63) is 15.6 Å². The van der Waals surface area contributed by atoms with Crippen LogP contribution >= 0.6 is 11.3 Å². The van der Waals surface area contributed by atoms with Gasteiger partial charge in [-0.25, -0.2) is 4.98 Å². The minimum Gasteiger partial charge on any atom is -0.393 e. The third kappa shape index (κ3) is 2.62. The Bertz CT molecular complexity index is 344. The first-order chi connectivity index (χ1) is 7.56. The van der Waals surface area contributed by atoms with Crippen LogP contribution in [-0.4, -0.2) is 34.2 Å². The first kappa shape index (κ1) is 12.0. The van der Waals surface area contributed by atoms with Gasteiger partial charge >= 0.3 is 0 Å². The van der Waals surface area contributed by atoms with E-state index in [1.54, 1.807) is 11.3 Å².